The van der Waals surface area contributed by atoms with Gasteiger partial charge in [-0.25, -0.2) is 0 Å². The molecule has 4 N–H and O–H groups in total. The first-order chi connectivity index (χ1) is 10.1. The van der Waals surface area contributed by atoms with Crippen molar-refractivity contribution in [2.45, 2.75) is 18.8 Å². The molecule has 1 aliphatic carbocycles. The third kappa shape index (κ3) is 2.62. The molecule has 106 valence electrons. The van der Waals surface area contributed by atoms with E-state index in [-0.39, 0.29) is 5.69 Å². The summed E-state index contributed by atoms with van der Waals surface area (Å²) in [6.45, 7) is 0. The number of hydrogen-bond acceptors (Lipinski definition) is 4. The molecule has 1 saturated carbocycles. The van der Waals surface area contributed by atoms with E-state index in [9.17, 15) is 4.79 Å². The molecule has 1 amide bonds. The Balaban J connectivity index is 1.87. The number of benzene rings is 1. The fraction of sp³-hybridized carbons (Fsp3) is 0.214. The van der Waals surface area contributed by atoms with Crippen molar-refractivity contribution in [2.24, 2.45) is 0 Å². The molecule has 0 radical (unpaired) electrons. The number of nitrogens with two attached hydrogens (primary N) is 1. The number of aromatic nitrogens is 2. The number of hydrogen-bond donors (Lipinski definition) is 3. The number of amides is 1. The minimum absolute atomic E-state index is 0.167. The molecule has 1 aromatic carbocycles. The summed E-state index contributed by atoms with van der Waals surface area (Å²) >= 11 is 3.31. The molecule has 0 aliphatic heterocycles. The van der Waals surface area contributed by atoms with Crippen LogP contribution in [0.2, 0.25) is 0 Å². The SMILES string of the molecule is N#Cc1ccc(Br)cc1NC(=O)c1n[nH]c(C2CC2)c1N. The van der Waals surface area contributed by atoms with Crippen LogP contribution in [0.1, 0.15) is 40.5 Å². The highest BCUT2D eigenvalue weighted by atomic mass is 79.9. The van der Waals surface area contributed by atoms with Gasteiger partial charge in [-0.15, -0.1) is 0 Å². The van der Waals surface area contributed by atoms with Gasteiger partial charge in [-0.1, -0.05) is 15.9 Å². The number of nitrogen functional groups attached to an aromatic ring is 1. The van der Waals surface area contributed by atoms with Crippen molar-refractivity contribution >= 4 is 33.2 Å². The molecule has 1 aromatic heterocycles. The van der Waals surface area contributed by atoms with Crippen molar-refractivity contribution in [1.29, 1.82) is 5.26 Å². The summed E-state index contributed by atoms with van der Waals surface area (Å²) in [4.78, 5) is 12.3. The maximum atomic E-state index is 12.3. The zero-order valence-corrected chi connectivity index (χ0v) is 12.6. The molecule has 3 rings (SSSR count). The first-order valence-electron chi connectivity index (χ1n) is 6.45. The highest BCUT2D eigenvalue weighted by Crippen LogP contribution is 2.42. The Morgan fingerprint density at radius 1 is 1.52 bits per heavy atom. The molecule has 21 heavy (non-hydrogen) atoms. The minimum atomic E-state index is -0.426. The molecule has 6 nitrogen and oxygen atoms in total. The van der Waals surface area contributed by atoms with Crippen LogP contribution in [0.4, 0.5) is 11.4 Å². The molecule has 1 aliphatic rings. The van der Waals surface area contributed by atoms with E-state index in [2.05, 4.69) is 31.4 Å². The van der Waals surface area contributed by atoms with Gasteiger partial charge in [0.25, 0.3) is 5.91 Å². The second kappa shape index (κ2) is 5.22. The van der Waals surface area contributed by atoms with Gasteiger partial charge in [-0.2, -0.15) is 10.4 Å². The second-order valence-electron chi connectivity index (χ2n) is 4.93. The maximum absolute atomic E-state index is 12.3. The van der Waals surface area contributed by atoms with Gasteiger partial charge in [-0.05, 0) is 31.0 Å². The lowest BCUT2D eigenvalue weighted by Crippen LogP contribution is -2.15. The summed E-state index contributed by atoms with van der Waals surface area (Å²) < 4.78 is 0.769. The molecule has 1 fully saturated rings. The molecular weight excluding hydrogens is 334 g/mol. The Morgan fingerprint density at radius 2 is 2.29 bits per heavy atom. The lowest BCUT2D eigenvalue weighted by Gasteiger charge is -2.06. The summed E-state index contributed by atoms with van der Waals surface area (Å²) in [7, 11) is 0. The number of carbonyl (C=O) groups excluding carboxylic acids is 1. The van der Waals surface area contributed by atoms with Crippen LogP contribution < -0.4 is 11.1 Å². The van der Waals surface area contributed by atoms with Gasteiger partial charge in [0.1, 0.15) is 6.07 Å². The summed E-state index contributed by atoms with van der Waals surface area (Å²) in [6.07, 6.45) is 2.13. The molecule has 0 unspecified atom stereocenters. The number of nitrogens with one attached hydrogen (secondary N) is 2. The van der Waals surface area contributed by atoms with E-state index in [1.54, 1.807) is 18.2 Å². The Bertz CT molecular complexity index is 757. The lowest BCUT2D eigenvalue weighted by atomic mass is 10.2. The standard InChI is InChI=1S/C14H12BrN5O/c15-9-4-3-8(6-16)10(5-9)18-14(21)13-11(17)12(19-20-13)7-1-2-7/h3-5,7H,1-2,17H2,(H,18,21)(H,19,20). The lowest BCUT2D eigenvalue weighted by molar-refractivity contribution is 0.102. The van der Waals surface area contributed by atoms with Gasteiger partial charge in [0.15, 0.2) is 5.69 Å². The van der Waals surface area contributed by atoms with Crippen molar-refractivity contribution in [3.8, 4) is 6.07 Å². The van der Waals surface area contributed by atoms with Crippen molar-refractivity contribution in [3.05, 3.63) is 39.6 Å². The van der Waals surface area contributed by atoms with Crippen molar-refractivity contribution in [1.82, 2.24) is 10.2 Å². The summed E-state index contributed by atoms with van der Waals surface area (Å²) in [6, 6.07) is 7.07. The van der Waals surface area contributed by atoms with Crippen LogP contribution in [0.5, 0.6) is 0 Å². The van der Waals surface area contributed by atoms with Gasteiger partial charge in [0.2, 0.25) is 0 Å². The van der Waals surface area contributed by atoms with Gasteiger partial charge in [0.05, 0.1) is 22.6 Å². The van der Waals surface area contributed by atoms with Crippen molar-refractivity contribution < 1.29 is 4.79 Å². The Hall–Kier alpha value is -2.33. The predicted octanol–water partition coefficient (Wildman–Crippen LogP) is 2.76. The molecular formula is C14H12BrN5O. The maximum Gasteiger partial charge on any atom is 0.278 e. The van der Waals surface area contributed by atoms with Crippen molar-refractivity contribution in [2.75, 3.05) is 11.1 Å². The number of H-pyrrole nitrogens is 1. The second-order valence-corrected chi connectivity index (χ2v) is 5.85. The van der Waals surface area contributed by atoms with Gasteiger partial charge in [0, 0.05) is 10.4 Å². The summed E-state index contributed by atoms with van der Waals surface area (Å²) in [5.41, 5.74) is 8.16. The highest BCUT2D eigenvalue weighted by Gasteiger charge is 2.30. The fourth-order valence-electron chi connectivity index (χ4n) is 2.12. The minimum Gasteiger partial charge on any atom is -0.395 e. The smallest absolute Gasteiger partial charge is 0.278 e. The van der Waals surface area contributed by atoms with E-state index in [0.29, 0.717) is 22.9 Å². The molecule has 0 atom stereocenters. The van der Waals surface area contributed by atoms with Crippen LogP contribution in [0.3, 0.4) is 0 Å². The molecule has 0 bridgehead atoms. The number of nitriles is 1. The average molecular weight is 346 g/mol. The number of rotatable bonds is 3. The van der Waals surface area contributed by atoms with E-state index in [1.165, 1.54) is 0 Å². The fourth-order valence-corrected chi connectivity index (χ4v) is 2.48. The molecule has 2 aromatic rings. The molecule has 0 spiro atoms. The Morgan fingerprint density at radius 3 is 2.95 bits per heavy atom. The van der Waals surface area contributed by atoms with Gasteiger partial charge in [-0.3, -0.25) is 9.89 Å². The number of aromatic amines is 1. The number of carbonyl (C=O) groups is 1. The van der Waals surface area contributed by atoms with Crippen LogP contribution in [-0.2, 0) is 0 Å². The van der Waals surface area contributed by atoms with Crippen molar-refractivity contribution in [3.63, 3.8) is 0 Å². The number of halogens is 1. The summed E-state index contributed by atoms with van der Waals surface area (Å²) in [5, 5.41) is 18.6. The molecule has 7 heteroatoms. The van der Waals surface area contributed by atoms with Crippen LogP contribution in [0.15, 0.2) is 22.7 Å². The van der Waals surface area contributed by atoms with Crippen LogP contribution >= 0.6 is 15.9 Å². The zero-order valence-electron chi connectivity index (χ0n) is 11.0. The summed E-state index contributed by atoms with van der Waals surface area (Å²) in [5.74, 6) is -0.0372. The van der Waals surface area contributed by atoms with Crippen LogP contribution in [0, 0.1) is 11.3 Å². The topological polar surface area (TPSA) is 108 Å². The zero-order chi connectivity index (χ0) is 15.0. The Labute approximate surface area is 129 Å². The number of anilines is 2. The third-order valence-electron chi connectivity index (χ3n) is 3.38. The number of nitrogens with zero attached hydrogens (tertiary/aromatic N) is 2. The van der Waals surface area contributed by atoms with E-state index >= 15 is 0 Å². The largest absolute Gasteiger partial charge is 0.395 e. The average Bonchev–Trinajstić information content (AvgIpc) is 3.22. The van der Waals surface area contributed by atoms with Crippen LogP contribution in [0.25, 0.3) is 0 Å². The quantitative estimate of drug-likeness (QED) is 0.794. The van der Waals surface area contributed by atoms with Crippen LogP contribution in [-0.4, -0.2) is 16.1 Å². The third-order valence-corrected chi connectivity index (χ3v) is 3.88. The van der Waals surface area contributed by atoms with E-state index in [1.807, 2.05) is 6.07 Å². The first-order valence-corrected chi connectivity index (χ1v) is 7.24. The van der Waals surface area contributed by atoms with E-state index < -0.39 is 5.91 Å². The molecule has 0 saturated heterocycles. The normalized spacial score (nSPS) is 13.7. The Kier molecular flexibility index (Phi) is 3.39. The highest BCUT2D eigenvalue weighted by molar-refractivity contribution is 9.10. The predicted molar refractivity (Wildman–Crippen MR) is 81.8 cm³/mol. The van der Waals surface area contributed by atoms with E-state index in [4.69, 9.17) is 11.0 Å². The van der Waals surface area contributed by atoms with Gasteiger partial charge >= 0.3 is 0 Å². The monoisotopic (exact) mass is 345 g/mol. The van der Waals surface area contributed by atoms with Gasteiger partial charge < -0.3 is 11.1 Å². The van der Waals surface area contributed by atoms with E-state index in [0.717, 1.165) is 23.0 Å². The first kappa shape index (κ1) is 13.6. The molecule has 1 heterocycles.